The molecule has 0 spiro atoms. The van der Waals surface area contributed by atoms with Gasteiger partial charge >= 0.3 is 5.69 Å². The van der Waals surface area contributed by atoms with Gasteiger partial charge in [-0.25, -0.2) is 9.36 Å². The van der Waals surface area contributed by atoms with Gasteiger partial charge in [-0.1, -0.05) is 53.6 Å². The van der Waals surface area contributed by atoms with Crippen molar-refractivity contribution in [1.82, 2.24) is 13.7 Å². The average Bonchev–Trinajstić information content (AvgIpc) is 3.06. The molecule has 0 aliphatic carbocycles. The highest BCUT2D eigenvalue weighted by Crippen LogP contribution is 2.27. The van der Waals surface area contributed by atoms with Crippen LogP contribution in [0.1, 0.15) is 27.8 Å². The van der Waals surface area contributed by atoms with Crippen LogP contribution in [-0.2, 0) is 13.6 Å². The maximum atomic E-state index is 14.0. The molecule has 0 aliphatic heterocycles. The summed E-state index contributed by atoms with van der Waals surface area (Å²) < 4.78 is 5.02. The number of hydrogen-bond donors (Lipinski definition) is 0. The molecule has 0 unspecified atom stereocenters. The van der Waals surface area contributed by atoms with Crippen molar-refractivity contribution in [3.05, 3.63) is 109 Å². The first kappa shape index (κ1) is 21.0. The molecule has 0 N–H and O–H groups in total. The lowest BCUT2D eigenvalue weighted by molar-refractivity contribution is 0.708. The summed E-state index contributed by atoms with van der Waals surface area (Å²) in [5.74, 6) is 0. The lowest BCUT2D eigenvalue weighted by Gasteiger charge is -2.16. The summed E-state index contributed by atoms with van der Waals surface area (Å²) in [5, 5.41) is 0.920. The fourth-order valence-corrected chi connectivity index (χ4v) is 4.78. The molecule has 5 rings (SSSR count). The fourth-order valence-electron chi connectivity index (χ4n) is 4.78. The monoisotopic (exact) mass is 437 g/mol. The average molecular weight is 438 g/mol. The Bertz CT molecular complexity index is 1680. The summed E-state index contributed by atoms with van der Waals surface area (Å²) in [6.07, 6.45) is 0. The topological polar surface area (TPSA) is 48.9 Å². The van der Waals surface area contributed by atoms with Gasteiger partial charge in [0, 0.05) is 12.4 Å². The third-order valence-corrected chi connectivity index (χ3v) is 6.62. The Kier molecular flexibility index (Phi) is 4.85. The summed E-state index contributed by atoms with van der Waals surface area (Å²) in [7, 11) is 1.90. The summed E-state index contributed by atoms with van der Waals surface area (Å²) in [6.45, 7) is 8.45. The minimum atomic E-state index is -0.322. The quantitative estimate of drug-likeness (QED) is 0.402. The molecule has 0 aliphatic rings. The Balaban J connectivity index is 1.98. The van der Waals surface area contributed by atoms with E-state index in [2.05, 4.69) is 38.1 Å². The summed E-state index contributed by atoms with van der Waals surface area (Å²) >= 11 is 0. The molecule has 5 nitrogen and oxygen atoms in total. The molecule has 0 saturated carbocycles. The molecule has 3 aromatic carbocycles. The van der Waals surface area contributed by atoms with Gasteiger partial charge in [-0.2, -0.15) is 0 Å². The molecule has 0 amide bonds. The number of benzene rings is 3. The van der Waals surface area contributed by atoms with Gasteiger partial charge < -0.3 is 4.57 Å². The van der Waals surface area contributed by atoms with Crippen molar-refractivity contribution in [3.63, 3.8) is 0 Å². The van der Waals surface area contributed by atoms with Crippen molar-refractivity contribution in [3.8, 4) is 5.69 Å². The number of nitrogens with zero attached hydrogens (tertiary/aromatic N) is 3. The number of aryl methyl sites for hydroxylation is 5. The number of para-hydroxylation sites is 1. The van der Waals surface area contributed by atoms with Crippen molar-refractivity contribution in [2.24, 2.45) is 7.05 Å². The van der Waals surface area contributed by atoms with Crippen LogP contribution in [0.5, 0.6) is 0 Å². The predicted octanol–water partition coefficient (Wildman–Crippen LogP) is 4.93. The van der Waals surface area contributed by atoms with E-state index in [0.717, 1.165) is 38.7 Å². The van der Waals surface area contributed by atoms with Gasteiger partial charge in [0.15, 0.2) is 0 Å². The smallest absolute Gasteiger partial charge is 0.336 e. The molecule has 5 heteroatoms. The highest BCUT2D eigenvalue weighted by molar-refractivity contribution is 6.06. The van der Waals surface area contributed by atoms with E-state index in [1.54, 1.807) is 4.57 Å². The molecule has 166 valence electrons. The SMILES string of the molecule is Cc1ccc(C)c(Cn2c(=O)n(-c3ccccc3C)c(=O)c3c2c2cc(C)ccc2n3C)c1. The Morgan fingerprint density at radius 3 is 2.21 bits per heavy atom. The third-order valence-electron chi connectivity index (χ3n) is 6.62. The van der Waals surface area contributed by atoms with Crippen molar-refractivity contribution in [2.75, 3.05) is 0 Å². The van der Waals surface area contributed by atoms with Crippen LogP contribution in [0.25, 0.3) is 27.6 Å². The first-order valence-electron chi connectivity index (χ1n) is 11.1. The molecular formula is C28H27N3O2. The van der Waals surface area contributed by atoms with Gasteiger partial charge in [-0.15, -0.1) is 0 Å². The molecule has 2 aromatic heterocycles. The van der Waals surface area contributed by atoms with Gasteiger partial charge in [0.05, 0.1) is 23.3 Å². The largest absolute Gasteiger partial charge is 0.338 e. The van der Waals surface area contributed by atoms with E-state index in [9.17, 15) is 9.59 Å². The van der Waals surface area contributed by atoms with Crippen LogP contribution < -0.4 is 11.2 Å². The Morgan fingerprint density at radius 1 is 0.758 bits per heavy atom. The van der Waals surface area contributed by atoms with Crippen LogP contribution in [0.2, 0.25) is 0 Å². The van der Waals surface area contributed by atoms with Gasteiger partial charge in [-0.3, -0.25) is 9.36 Å². The number of rotatable bonds is 3. The molecule has 33 heavy (non-hydrogen) atoms. The van der Waals surface area contributed by atoms with Crippen LogP contribution in [0, 0.1) is 27.7 Å². The minimum absolute atomic E-state index is 0.294. The molecular weight excluding hydrogens is 410 g/mol. The standard InChI is InChI=1S/C28H27N3O2/c1-17-10-12-19(3)21(14-17)16-30-25-22-15-18(2)11-13-24(22)29(5)26(25)27(32)31(28(30)33)23-9-7-6-8-20(23)4/h6-15H,16H2,1-5H3. The maximum Gasteiger partial charge on any atom is 0.336 e. The zero-order chi connectivity index (χ0) is 23.4. The van der Waals surface area contributed by atoms with E-state index < -0.39 is 0 Å². The second-order valence-electron chi connectivity index (χ2n) is 9.00. The van der Waals surface area contributed by atoms with Crippen LogP contribution in [0.3, 0.4) is 0 Å². The molecule has 0 saturated heterocycles. The van der Waals surface area contributed by atoms with Gasteiger partial charge in [-0.05, 0) is 62.6 Å². The molecule has 0 atom stereocenters. The normalized spacial score (nSPS) is 11.5. The van der Waals surface area contributed by atoms with Crippen molar-refractivity contribution in [1.29, 1.82) is 0 Å². The van der Waals surface area contributed by atoms with E-state index in [4.69, 9.17) is 0 Å². The van der Waals surface area contributed by atoms with E-state index in [-0.39, 0.29) is 11.2 Å². The molecule has 2 heterocycles. The van der Waals surface area contributed by atoms with Crippen LogP contribution >= 0.6 is 0 Å². The van der Waals surface area contributed by atoms with Gasteiger partial charge in [0.25, 0.3) is 5.56 Å². The van der Waals surface area contributed by atoms with Gasteiger partial charge in [0.1, 0.15) is 5.52 Å². The molecule has 5 aromatic rings. The van der Waals surface area contributed by atoms with Crippen molar-refractivity contribution in [2.45, 2.75) is 34.2 Å². The predicted molar refractivity (Wildman–Crippen MR) is 135 cm³/mol. The molecule has 0 fully saturated rings. The van der Waals surface area contributed by atoms with Crippen molar-refractivity contribution < 1.29 is 0 Å². The first-order valence-corrected chi connectivity index (χ1v) is 11.1. The first-order chi connectivity index (χ1) is 15.8. The highest BCUT2D eigenvalue weighted by Gasteiger charge is 2.22. The number of hydrogen-bond acceptors (Lipinski definition) is 2. The molecule has 0 bridgehead atoms. The second-order valence-corrected chi connectivity index (χ2v) is 9.00. The Morgan fingerprint density at radius 2 is 1.45 bits per heavy atom. The highest BCUT2D eigenvalue weighted by atomic mass is 16.2. The van der Waals surface area contributed by atoms with Crippen LogP contribution in [-0.4, -0.2) is 13.7 Å². The Labute approximate surface area is 192 Å². The van der Waals surface area contributed by atoms with E-state index in [1.165, 1.54) is 4.57 Å². The summed E-state index contributed by atoms with van der Waals surface area (Å²) in [6, 6.07) is 19.9. The van der Waals surface area contributed by atoms with Gasteiger partial charge in [0.2, 0.25) is 0 Å². The number of aromatic nitrogens is 3. The Hall–Kier alpha value is -3.86. The zero-order valence-corrected chi connectivity index (χ0v) is 19.6. The lowest BCUT2D eigenvalue weighted by Crippen LogP contribution is -2.40. The van der Waals surface area contributed by atoms with Crippen LogP contribution in [0.15, 0.2) is 70.3 Å². The van der Waals surface area contributed by atoms with E-state index in [0.29, 0.717) is 23.3 Å². The van der Waals surface area contributed by atoms with E-state index >= 15 is 0 Å². The number of fused-ring (bicyclic) bond motifs is 3. The zero-order valence-electron chi connectivity index (χ0n) is 19.6. The summed E-state index contributed by atoms with van der Waals surface area (Å²) in [5.41, 5.74) is 7.45. The third kappa shape index (κ3) is 3.23. The lowest BCUT2D eigenvalue weighted by atomic mass is 10.1. The maximum absolute atomic E-state index is 14.0. The van der Waals surface area contributed by atoms with E-state index in [1.807, 2.05) is 61.9 Å². The van der Waals surface area contributed by atoms with Crippen molar-refractivity contribution >= 4 is 21.9 Å². The minimum Gasteiger partial charge on any atom is -0.338 e. The van der Waals surface area contributed by atoms with Crippen LogP contribution in [0.4, 0.5) is 0 Å². The molecule has 0 radical (unpaired) electrons. The fraction of sp³-hybridized carbons (Fsp3) is 0.214. The summed E-state index contributed by atoms with van der Waals surface area (Å²) in [4.78, 5) is 27.8. The second kappa shape index (κ2) is 7.62.